The lowest BCUT2D eigenvalue weighted by atomic mass is 10.1. The smallest absolute Gasteiger partial charge is 0.306 e. The van der Waals surface area contributed by atoms with Crippen LogP contribution in [0.5, 0.6) is 11.5 Å². The van der Waals surface area contributed by atoms with Crippen molar-refractivity contribution in [3.05, 3.63) is 23.8 Å². The maximum atomic E-state index is 10.3. The first kappa shape index (κ1) is 11.3. The molecule has 0 heterocycles. The van der Waals surface area contributed by atoms with Crippen molar-refractivity contribution in [2.75, 3.05) is 7.11 Å². The van der Waals surface area contributed by atoms with Crippen LogP contribution in [-0.2, 0) is 4.79 Å². The number of ether oxygens (including phenoxy) is 1. The van der Waals surface area contributed by atoms with Crippen molar-refractivity contribution in [2.24, 2.45) is 0 Å². The molecule has 82 valence electrons. The molecule has 3 N–H and O–H groups in total. The summed E-state index contributed by atoms with van der Waals surface area (Å²) in [6.45, 7) is 0. The minimum atomic E-state index is -1.13. The number of aliphatic hydroxyl groups is 1. The molecule has 15 heavy (non-hydrogen) atoms. The number of benzene rings is 1. The standard InChI is InChI=1S/C10H12O5/c1-15-9-3-2-6(4-8(9)12)7(11)5-10(13)14/h2-4,7,11-12H,5H2,1H3,(H,13,14)/t7-/m1/s1. The molecule has 1 rings (SSSR count). The van der Waals surface area contributed by atoms with E-state index in [1.54, 1.807) is 0 Å². The van der Waals surface area contributed by atoms with Crippen molar-refractivity contribution in [3.63, 3.8) is 0 Å². The van der Waals surface area contributed by atoms with Gasteiger partial charge in [0.1, 0.15) is 0 Å². The van der Waals surface area contributed by atoms with Crippen LogP contribution in [0.2, 0.25) is 0 Å². The lowest BCUT2D eigenvalue weighted by Crippen LogP contribution is -2.05. The summed E-state index contributed by atoms with van der Waals surface area (Å²) >= 11 is 0. The molecule has 5 heteroatoms. The molecule has 0 aliphatic rings. The fourth-order valence-electron chi connectivity index (χ4n) is 1.20. The van der Waals surface area contributed by atoms with Gasteiger partial charge in [0.15, 0.2) is 11.5 Å². The molecule has 1 atom stereocenters. The quantitative estimate of drug-likeness (QED) is 0.690. The van der Waals surface area contributed by atoms with Crippen molar-refractivity contribution in [2.45, 2.75) is 12.5 Å². The Bertz CT molecular complexity index is 361. The number of carboxylic acid groups (broad SMARTS) is 1. The van der Waals surface area contributed by atoms with Crippen LogP contribution in [0, 0.1) is 0 Å². The van der Waals surface area contributed by atoms with Crippen molar-refractivity contribution >= 4 is 5.97 Å². The molecule has 0 saturated heterocycles. The maximum Gasteiger partial charge on any atom is 0.306 e. The molecule has 1 aromatic carbocycles. The highest BCUT2D eigenvalue weighted by Gasteiger charge is 2.13. The monoisotopic (exact) mass is 212 g/mol. The largest absolute Gasteiger partial charge is 0.504 e. The Morgan fingerprint density at radius 3 is 2.67 bits per heavy atom. The maximum absolute atomic E-state index is 10.3. The summed E-state index contributed by atoms with van der Waals surface area (Å²) in [7, 11) is 1.41. The molecule has 0 aliphatic heterocycles. The van der Waals surface area contributed by atoms with Crippen LogP contribution in [0.3, 0.4) is 0 Å². The Morgan fingerprint density at radius 2 is 2.20 bits per heavy atom. The Labute approximate surface area is 86.5 Å². The first-order chi connectivity index (χ1) is 7.04. The molecule has 0 aromatic heterocycles. The van der Waals surface area contributed by atoms with Gasteiger partial charge in [0.05, 0.1) is 19.6 Å². The molecular weight excluding hydrogens is 200 g/mol. The number of phenolic OH excluding ortho intramolecular Hbond substituents is 1. The first-order valence-electron chi connectivity index (χ1n) is 4.31. The van der Waals surface area contributed by atoms with Gasteiger partial charge in [-0.25, -0.2) is 0 Å². The second-order valence-corrected chi connectivity index (χ2v) is 3.04. The molecule has 0 spiro atoms. The Hall–Kier alpha value is -1.75. The number of carbonyl (C=O) groups is 1. The SMILES string of the molecule is COc1ccc([C@H](O)CC(=O)O)cc1O. The number of aliphatic carboxylic acids is 1. The van der Waals surface area contributed by atoms with Crippen LogP contribution >= 0.6 is 0 Å². The number of rotatable bonds is 4. The van der Waals surface area contributed by atoms with E-state index in [-0.39, 0.29) is 11.5 Å². The summed E-state index contributed by atoms with van der Waals surface area (Å²) in [5.41, 5.74) is 0.343. The van der Waals surface area contributed by atoms with Crippen molar-refractivity contribution < 1.29 is 24.9 Å². The predicted octanol–water partition coefficient (Wildman–Crippen LogP) is 0.909. The summed E-state index contributed by atoms with van der Waals surface area (Å²) in [5, 5.41) is 27.3. The average molecular weight is 212 g/mol. The second-order valence-electron chi connectivity index (χ2n) is 3.04. The molecule has 0 bridgehead atoms. The minimum absolute atomic E-state index is 0.126. The van der Waals surface area contributed by atoms with Crippen LogP contribution < -0.4 is 4.74 Å². The van der Waals surface area contributed by atoms with Crippen LogP contribution in [0.1, 0.15) is 18.1 Å². The Kier molecular flexibility index (Phi) is 3.51. The first-order valence-corrected chi connectivity index (χ1v) is 4.31. The van der Waals surface area contributed by atoms with Gasteiger partial charge in [-0.1, -0.05) is 6.07 Å². The molecule has 1 aromatic rings. The van der Waals surface area contributed by atoms with E-state index in [1.807, 2.05) is 0 Å². The lowest BCUT2D eigenvalue weighted by Gasteiger charge is -2.10. The zero-order valence-corrected chi connectivity index (χ0v) is 8.17. The Morgan fingerprint density at radius 1 is 1.53 bits per heavy atom. The summed E-state index contributed by atoms with van der Waals surface area (Å²) < 4.78 is 4.81. The van der Waals surface area contributed by atoms with Crippen molar-refractivity contribution in [1.82, 2.24) is 0 Å². The van der Waals surface area contributed by atoms with Crippen LogP contribution in [0.25, 0.3) is 0 Å². The molecule has 0 unspecified atom stereocenters. The fraction of sp³-hybridized carbons (Fsp3) is 0.300. The van der Waals surface area contributed by atoms with E-state index < -0.39 is 18.5 Å². The molecular formula is C10H12O5. The van der Waals surface area contributed by atoms with Gasteiger partial charge in [0, 0.05) is 0 Å². The van der Waals surface area contributed by atoms with E-state index in [2.05, 4.69) is 0 Å². The third-order valence-corrected chi connectivity index (χ3v) is 1.96. The highest BCUT2D eigenvalue weighted by Crippen LogP contribution is 2.29. The molecule has 5 nitrogen and oxygen atoms in total. The number of phenols is 1. The number of hydrogen-bond donors (Lipinski definition) is 3. The fourth-order valence-corrected chi connectivity index (χ4v) is 1.20. The zero-order valence-electron chi connectivity index (χ0n) is 8.17. The highest BCUT2D eigenvalue weighted by atomic mass is 16.5. The molecule has 0 amide bonds. The van der Waals surface area contributed by atoms with Crippen molar-refractivity contribution in [1.29, 1.82) is 0 Å². The predicted molar refractivity (Wildman–Crippen MR) is 51.9 cm³/mol. The normalized spacial score (nSPS) is 12.1. The number of aliphatic hydroxyl groups excluding tert-OH is 1. The third kappa shape index (κ3) is 2.85. The second kappa shape index (κ2) is 4.65. The minimum Gasteiger partial charge on any atom is -0.504 e. The number of aromatic hydroxyl groups is 1. The van der Waals surface area contributed by atoms with Crippen LogP contribution in [0.4, 0.5) is 0 Å². The van der Waals surface area contributed by atoms with Gasteiger partial charge in [-0.05, 0) is 17.7 Å². The van der Waals surface area contributed by atoms with E-state index in [1.165, 1.54) is 25.3 Å². The van der Waals surface area contributed by atoms with Gasteiger partial charge < -0.3 is 20.1 Å². The van der Waals surface area contributed by atoms with E-state index in [4.69, 9.17) is 9.84 Å². The third-order valence-electron chi connectivity index (χ3n) is 1.96. The Balaban J connectivity index is 2.87. The van der Waals surface area contributed by atoms with E-state index in [9.17, 15) is 15.0 Å². The van der Waals surface area contributed by atoms with Gasteiger partial charge in [-0.3, -0.25) is 4.79 Å². The van der Waals surface area contributed by atoms with Gasteiger partial charge in [-0.15, -0.1) is 0 Å². The highest BCUT2D eigenvalue weighted by molar-refractivity contribution is 5.67. The van der Waals surface area contributed by atoms with Gasteiger partial charge in [-0.2, -0.15) is 0 Å². The van der Waals surface area contributed by atoms with E-state index in [0.29, 0.717) is 5.56 Å². The molecule has 0 radical (unpaired) electrons. The van der Waals surface area contributed by atoms with Crippen molar-refractivity contribution in [3.8, 4) is 11.5 Å². The number of methoxy groups -OCH3 is 1. The summed E-state index contributed by atoms with van der Waals surface area (Å²) in [6, 6.07) is 4.26. The van der Waals surface area contributed by atoms with Gasteiger partial charge in [0.2, 0.25) is 0 Å². The van der Waals surface area contributed by atoms with Gasteiger partial charge >= 0.3 is 5.97 Å². The summed E-state index contributed by atoms with van der Waals surface area (Å²) in [6.07, 6.45) is -1.52. The topological polar surface area (TPSA) is 87.0 Å². The average Bonchev–Trinajstić information content (AvgIpc) is 2.16. The molecule has 0 fully saturated rings. The van der Waals surface area contributed by atoms with Crippen LogP contribution in [-0.4, -0.2) is 28.4 Å². The number of hydrogen-bond acceptors (Lipinski definition) is 4. The summed E-state index contributed by atoms with van der Waals surface area (Å²) in [4.78, 5) is 10.3. The zero-order chi connectivity index (χ0) is 11.4. The van der Waals surface area contributed by atoms with Gasteiger partial charge in [0.25, 0.3) is 0 Å². The molecule has 0 saturated carbocycles. The van der Waals surface area contributed by atoms with E-state index >= 15 is 0 Å². The summed E-state index contributed by atoms with van der Waals surface area (Å²) in [5.74, 6) is -0.946. The number of carboxylic acids is 1. The van der Waals surface area contributed by atoms with Crippen LogP contribution in [0.15, 0.2) is 18.2 Å². The molecule has 0 aliphatic carbocycles. The lowest BCUT2D eigenvalue weighted by molar-refractivity contribution is -0.139. The van der Waals surface area contributed by atoms with E-state index in [0.717, 1.165) is 0 Å².